The molecule has 0 amide bonds. The van der Waals surface area contributed by atoms with Crippen molar-refractivity contribution >= 4 is 21.6 Å². The van der Waals surface area contributed by atoms with Crippen LogP contribution in [0.3, 0.4) is 0 Å². The zero-order chi connectivity index (χ0) is 15.3. The van der Waals surface area contributed by atoms with Gasteiger partial charge < -0.3 is 15.0 Å². The molecule has 0 saturated carbocycles. The molecule has 1 N–H and O–H groups in total. The lowest BCUT2D eigenvalue weighted by atomic mass is 9.84. The first-order valence-corrected chi connectivity index (χ1v) is 8.54. The summed E-state index contributed by atoms with van der Waals surface area (Å²) in [4.78, 5) is 2.54. The van der Waals surface area contributed by atoms with Crippen molar-refractivity contribution in [2.75, 3.05) is 38.3 Å². The Morgan fingerprint density at radius 2 is 2.19 bits per heavy atom. The van der Waals surface area contributed by atoms with Crippen molar-refractivity contribution < 1.29 is 4.74 Å². The van der Waals surface area contributed by atoms with Crippen molar-refractivity contribution in [1.29, 1.82) is 0 Å². The number of halogens is 1. The van der Waals surface area contributed by atoms with Gasteiger partial charge in [-0.05, 0) is 42.0 Å². The van der Waals surface area contributed by atoms with Gasteiger partial charge in [0.2, 0.25) is 0 Å². The highest BCUT2D eigenvalue weighted by Crippen LogP contribution is 2.34. The molecule has 0 unspecified atom stereocenters. The molecule has 4 heteroatoms. The molecule has 3 nitrogen and oxygen atoms in total. The van der Waals surface area contributed by atoms with E-state index in [9.17, 15) is 0 Å². The molecular weight excluding hydrogens is 328 g/mol. The second-order valence-electron chi connectivity index (χ2n) is 6.63. The summed E-state index contributed by atoms with van der Waals surface area (Å²) in [6.45, 7) is 9.56. The first-order valence-electron chi connectivity index (χ1n) is 7.75. The molecule has 1 aliphatic rings. The zero-order valence-electron chi connectivity index (χ0n) is 13.4. The maximum Gasteiger partial charge on any atom is 0.0587 e. The molecule has 1 aliphatic heterocycles. The van der Waals surface area contributed by atoms with Crippen molar-refractivity contribution in [3.63, 3.8) is 0 Å². The highest BCUT2D eigenvalue weighted by Gasteiger charge is 2.27. The first kappa shape index (κ1) is 16.8. The van der Waals surface area contributed by atoms with E-state index in [1.807, 2.05) is 0 Å². The number of rotatable bonds is 6. The highest BCUT2D eigenvalue weighted by atomic mass is 79.9. The number of hydrogen-bond donors (Lipinski definition) is 1. The number of piperidine rings is 1. The largest absolute Gasteiger partial charge is 0.383 e. The molecule has 1 aromatic rings. The van der Waals surface area contributed by atoms with Gasteiger partial charge in [-0.1, -0.05) is 29.8 Å². The molecule has 21 heavy (non-hydrogen) atoms. The van der Waals surface area contributed by atoms with Gasteiger partial charge in [-0.15, -0.1) is 0 Å². The fraction of sp³-hybridized carbons (Fsp3) is 0.647. The van der Waals surface area contributed by atoms with Gasteiger partial charge in [0.15, 0.2) is 0 Å². The lowest BCUT2D eigenvalue weighted by Crippen LogP contribution is -2.40. The maximum atomic E-state index is 5.10. The molecule has 1 saturated heterocycles. The molecular formula is C17H27BrN2O. The van der Waals surface area contributed by atoms with Gasteiger partial charge in [0.1, 0.15) is 0 Å². The van der Waals surface area contributed by atoms with Gasteiger partial charge in [0, 0.05) is 43.4 Å². The van der Waals surface area contributed by atoms with Crippen molar-refractivity contribution in [3.8, 4) is 0 Å². The van der Waals surface area contributed by atoms with Crippen LogP contribution in [-0.4, -0.2) is 33.4 Å². The smallest absolute Gasteiger partial charge is 0.0587 e. The van der Waals surface area contributed by atoms with E-state index in [-0.39, 0.29) is 0 Å². The standard InChI is InChI=1S/C17H27BrN2O/c1-17(2)7-4-9-20(13-17)16-6-5-15(18)11-14(16)12-19-8-10-21-3/h5-6,11,19H,4,7-10,12-13H2,1-3H3. The van der Waals surface area contributed by atoms with E-state index in [4.69, 9.17) is 4.74 Å². The Morgan fingerprint density at radius 3 is 2.90 bits per heavy atom. The van der Waals surface area contributed by atoms with Crippen molar-refractivity contribution in [3.05, 3.63) is 28.2 Å². The average molecular weight is 355 g/mol. The summed E-state index contributed by atoms with van der Waals surface area (Å²) in [5.41, 5.74) is 3.14. The van der Waals surface area contributed by atoms with Crippen LogP contribution in [0.1, 0.15) is 32.3 Å². The Kier molecular flexibility index (Phi) is 6.08. The van der Waals surface area contributed by atoms with E-state index < -0.39 is 0 Å². The third kappa shape index (κ3) is 4.97. The fourth-order valence-electron chi connectivity index (χ4n) is 3.03. The van der Waals surface area contributed by atoms with Gasteiger partial charge in [-0.25, -0.2) is 0 Å². The Labute approximate surface area is 137 Å². The lowest BCUT2D eigenvalue weighted by Gasteiger charge is -2.40. The van der Waals surface area contributed by atoms with Crippen LogP contribution < -0.4 is 10.2 Å². The van der Waals surface area contributed by atoms with Gasteiger partial charge in [-0.3, -0.25) is 0 Å². The van der Waals surface area contributed by atoms with E-state index in [1.54, 1.807) is 7.11 Å². The third-order valence-electron chi connectivity index (χ3n) is 4.08. The number of anilines is 1. The van der Waals surface area contributed by atoms with E-state index in [2.05, 4.69) is 58.2 Å². The Balaban J connectivity index is 2.10. The van der Waals surface area contributed by atoms with Crippen LogP contribution in [0, 0.1) is 5.41 Å². The minimum atomic E-state index is 0.409. The van der Waals surface area contributed by atoms with Crippen LogP contribution in [0.5, 0.6) is 0 Å². The van der Waals surface area contributed by atoms with Gasteiger partial charge in [0.25, 0.3) is 0 Å². The molecule has 0 spiro atoms. The molecule has 0 radical (unpaired) electrons. The molecule has 0 aliphatic carbocycles. The van der Waals surface area contributed by atoms with E-state index >= 15 is 0 Å². The summed E-state index contributed by atoms with van der Waals surface area (Å²) in [6, 6.07) is 6.63. The fourth-order valence-corrected chi connectivity index (χ4v) is 3.44. The molecule has 118 valence electrons. The summed E-state index contributed by atoms with van der Waals surface area (Å²) in [5, 5.41) is 3.46. The second kappa shape index (κ2) is 7.61. The predicted octanol–water partition coefficient (Wildman–Crippen LogP) is 3.81. The topological polar surface area (TPSA) is 24.5 Å². The SMILES string of the molecule is COCCNCc1cc(Br)ccc1N1CCCC(C)(C)C1. The minimum absolute atomic E-state index is 0.409. The van der Waals surface area contributed by atoms with Gasteiger partial charge in [-0.2, -0.15) is 0 Å². The number of ether oxygens (including phenoxy) is 1. The summed E-state index contributed by atoms with van der Waals surface area (Å²) < 4.78 is 6.24. The quantitative estimate of drug-likeness (QED) is 0.786. The van der Waals surface area contributed by atoms with E-state index in [0.29, 0.717) is 5.41 Å². The maximum absolute atomic E-state index is 5.10. The Bertz CT molecular complexity index is 462. The van der Waals surface area contributed by atoms with E-state index in [0.717, 1.165) is 37.3 Å². The van der Waals surface area contributed by atoms with Crippen LogP contribution in [0.15, 0.2) is 22.7 Å². The van der Waals surface area contributed by atoms with Crippen molar-refractivity contribution in [1.82, 2.24) is 5.32 Å². The van der Waals surface area contributed by atoms with Crippen LogP contribution in [0.25, 0.3) is 0 Å². The molecule has 1 fully saturated rings. The summed E-state index contributed by atoms with van der Waals surface area (Å²) in [5.74, 6) is 0. The van der Waals surface area contributed by atoms with Gasteiger partial charge in [0.05, 0.1) is 6.61 Å². The normalized spacial score (nSPS) is 18.0. The lowest BCUT2D eigenvalue weighted by molar-refractivity contribution is 0.199. The van der Waals surface area contributed by atoms with Crippen LogP contribution in [0.2, 0.25) is 0 Å². The molecule has 1 heterocycles. The minimum Gasteiger partial charge on any atom is -0.383 e. The number of nitrogens with one attached hydrogen (secondary N) is 1. The van der Waals surface area contributed by atoms with Gasteiger partial charge >= 0.3 is 0 Å². The number of hydrogen-bond acceptors (Lipinski definition) is 3. The monoisotopic (exact) mass is 354 g/mol. The van der Waals surface area contributed by atoms with Crippen LogP contribution >= 0.6 is 15.9 Å². The van der Waals surface area contributed by atoms with Crippen LogP contribution in [0.4, 0.5) is 5.69 Å². The predicted molar refractivity (Wildman–Crippen MR) is 93.0 cm³/mol. The number of benzene rings is 1. The summed E-state index contributed by atoms with van der Waals surface area (Å²) in [7, 11) is 1.74. The third-order valence-corrected chi connectivity index (χ3v) is 4.57. The molecule has 0 bridgehead atoms. The first-order chi connectivity index (χ1) is 10.0. The van der Waals surface area contributed by atoms with Crippen molar-refractivity contribution in [2.45, 2.75) is 33.2 Å². The highest BCUT2D eigenvalue weighted by molar-refractivity contribution is 9.10. The average Bonchev–Trinajstić information content (AvgIpc) is 2.42. The van der Waals surface area contributed by atoms with E-state index in [1.165, 1.54) is 24.1 Å². The van der Waals surface area contributed by atoms with Crippen LogP contribution in [-0.2, 0) is 11.3 Å². The summed E-state index contributed by atoms with van der Waals surface area (Å²) in [6.07, 6.45) is 2.60. The second-order valence-corrected chi connectivity index (χ2v) is 7.55. The Hall–Kier alpha value is -0.580. The van der Waals surface area contributed by atoms with Crippen molar-refractivity contribution in [2.24, 2.45) is 5.41 Å². The number of nitrogens with zero attached hydrogens (tertiary/aromatic N) is 1. The molecule has 0 aromatic heterocycles. The summed E-state index contributed by atoms with van der Waals surface area (Å²) >= 11 is 3.59. The molecule has 2 rings (SSSR count). The molecule has 0 atom stereocenters. The number of methoxy groups -OCH3 is 1. The Morgan fingerprint density at radius 1 is 1.38 bits per heavy atom. The molecule has 1 aromatic carbocycles. The zero-order valence-corrected chi connectivity index (χ0v) is 15.0.